The minimum atomic E-state index is 0.842. The Labute approximate surface area is 136 Å². The van der Waals surface area contributed by atoms with Crippen LogP contribution in [0.2, 0.25) is 0 Å². The molecule has 1 aliphatic rings. The van der Waals surface area contributed by atoms with Crippen LogP contribution in [-0.2, 0) is 0 Å². The molecular weight excluding hydrogens is 290 g/mol. The summed E-state index contributed by atoms with van der Waals surface area (Å²) in [5, 5.41) is 0. The van der Waals surface area contributed by atoms with Gasteiger partial charge in [-0.3, -0.25) is 0 Å². The van der Waals surface area contributed by atoms with E-state index in [4.69, 9.17) is 4.74 Å². The van der Waals surface area contributed by atoms with E-state index in [2.05, 4.69) is 55.7 Å². The highest BCUT2D eigenvalue weighted by atomic mass is 32.2. The van der Waals surface area contributed by atoms with Crippen molar-refractivity contribution in [3.8, 4) is 5.75 Å². The van der Waals surface area contributed by atoms with Gasteiger partial charge in [-0.25, -0.2) is 0 Å². The van der Waals surface area contributed by atoms with Gasteiger partial charge in [0.15, 0.2) is 5.75 Å². The summed E-state index contributed by atoms with van der Waals surface area (Å²) in [6.07, 6.45) is 2.01. The number of benzene rings is 2. The zero-order valence-electron chi connectivity index (χ0n) is 12.9. The molecule has 3 heteroatoms. The Morgan fingerprint density at radius 2 is 1.91 bits per heavy atom. The molecule has 0 radical (unpaired) electrons. The highest BCUT2D eigenvalue weighted by Gasteiger charge is 2.24. The lowest BCUT2D eigenvalue weighted by Crippen LogP contribution is -2.19. The van der Waals surface area contributed by atoms with E-state index in [0.29, 0.717) is 0 Å². The number of rotatable bonds is 4. The third-order valence-electron chi connectivity index (χ3n) is 3.57. The Morgan fingerprint density at radius 3 is 2.68 bits per heavy atom. The van der Waals surface area contributed by atoms with E-state index in [9.17, 15) is 0 Å². The van der Waals surface area contributed by atoms with Gasteiger partial charge in [0.2, 0.25) is 5.88 Å². The van der Waals surface area contributed by atoms with Crippen LogP contribution in [0.15, 0.2) is 76.9 Å². The van der Waals surface area contributed by atoms with Crippen LogP contribution in [0.1, 0.15) is 12.5 Å². The van der Waals surface area contributed by atoms with Crippen molar-refractivity contribution in [2.45, 2.75) is 18.7 Å². The molecule has 0 unspecified atom stereocenters. The Morgan fingerprint density at radius 1 is 1.18 bits per heavy atom. The zero-order chi connectivity index (χ0) is 15.5. The molecule has 0 fully saturated rings. The van der Waals surface area contributed by atoms with Gasteiger partial charge in [-0.1, -0.05) is 48.7 Å². The molecule has 0 spiro atoms. The largest absolute Gasteiger partial charge is 0.439 e. The average Bonchev–Trinajstić information content (AvgIpc) is 2.86. The molecule has 1 aliphatic heterocycles. The van der Waals surface area contributed by atoms with Gasteiger partial charge in [0.05, 0.1) is 5.69 Å². The second-order valence-corrected chi connectivity index (χ2v) is 6.30. The van der Waals surface area contributed by atoms with Gasteiger partial charge in [-0.05, 0) is 37.6 Å². The van der Waals surface area contributed by atoms with E-state index in [0.717, 1.165) is 28.8 Å². The maximum absolute atomic E-state index is 5.96. The quantitative estimate of drug-likeness (QED) is 0.705. The zero-order valence-corrected chi connectivity index (χ0v) is 13.7. The van der Waals surface area contributed by atoms with Crippen LogP contribution in [0, 0.1) is 6.92 Å². The lowest BCUT2D eigenvalue weighted by molar-refractivity contribution is 0.440. The fourth-order valence-electron chi connectivity index (χ4n) is 2.47. The van der Waals surface area contributed by atoms with Crippen molar-refractivity contribution in [2.24, 2.45) is 0 Å². The van der Waals surface area contributed by atoms with Gasteiger partial charge in [-0.2, -0.15) is 0 Å². The van der Waals surface area contributed by atoms with Crippen LogP contribution in [0.5, 0.6) is 5.75 Å². The number of anilines is 1. The normalized spacial score (nSPS) is 14.8. The van der Waals surface area contributed by atoms with E-state index >= 15 is 0 Å². The summed E-state index contributed by atoms with van der Waals surface area (Å²) in [5.74, 6) is 1.75. The van der Waals surface area contributed by atoms with Gasteiger partial charge in [-0.15, -0.1) is 0 Å². The molecule has 3 rings (SSSR count). The summed E-state index contributed by atoms with van der Waals surface area (Å²) in [4.78, 5) is 4.36. The molecule has 0 amide bonds. The standard InChI is InChI=1S/C19H19NOS/c1-4-20-16-10-6-7-11-17(16)21-19(20)13-15(3)22-18-12-8-5-9-14(18)2/h5-13H,3-4H2,1-2H3/b19-13-. The van der Waals surface area contributed by atoms with Crippen molar-refractivity contribution < 1.29 is 4.74 Å². The molecular formula is C19H19NOS. The molecule has 2 aromatic carbocycles. The molecule has 112 valence electrons. The van der Waals surface area contributed by atoms with Crippen molar-refractivity contribution in [3.05, 3.63) is 77.5 Å². The number of ether oxygens (including phenoxy) is 1. The average molecular weight is 309 g/mol. The second kappa shape index (κ2) is 6.32. The van der Waals surface area contributed by atoms with E-state index in [1.165, 1.54) is 10.5 Å². The van der Waals surface area contributed by atoms with Gasteiger partial charge in [0, 0.05) is 22.4 Å². The summed E-state index contributed by atoms with van der Waals surface area (Å²) < 4.78 is 5.96. The molecule has 0 aromatic heterocycles. The molecule has 0 saturated heterocycles. The number of fused-ring (bicyclic) bond motifs is 1. The number of hydrogen-bond acceptors (Lipinski definition) is 3. The Bertz CT molecular complexity index is 736. The Balaban J connectivity index is 1.81. The monoisotopic (exact) mass is 309 g/mol. The molecule has 0 atom stereocenters. The first-order valence-electron chi connectivity index (χ1n) is 7.37. The van der Waals surface area contributed by atoms with Crippen molar-refractivity contribution in [1.29, 1.82) is 0 Å². The fourth-order valence-corrected chi connectivity index (χ4v) is 3.28. The molecule has 0 aliphatic carbocycles. The lowest BCUT2D eigenvalue weighted by atomic mass is 10.2. The van der Waals surface area contributed by atoms with Gasteiger partial charge in [0.1, 0.15) is 0 Å². The lowest BCUT2D eigenvalue weighted by Gasteiger charge is -2.16. The number of hydrogen-bond donors (Lipinski definition) is 0. The van der Waals surface area contributed by atoms with Crippen molar-refractivity contribution >= 4 is 17.4 Å². The number of allylic oxidation sites excluding steroid dienone is 1. The maximum Gasteiger partial charge on any atom is 0.201 e. The number of aryl methyl sites for hydroxylation is 1. The predicted octanol–water partition coefficient (Wildman–Crippen LogP) is 5.36. The SMILES string of the molecule is C=C(/C=C1\Oc2ccccc2N1CC)Sc1ccccc1C. The number of thioether (sulfide) groups is 1. The summed E-state index contributed by atoms with van der Waals surface area (Å²) in [6.45, 7) is 9.27. The smallest absolute Gasteiger partial charge is 0.201 e. The summed E-state index contributed by atoms with van der Waals surface area (Å²) in [5.41, 5.74) is 2.37. The van der Waals surface area contributed by atoms with Gasteiger partial charge < -0.3 is 9.64 Å². The van der Waals surface area contributed by atoms with Crippen molar-refractivity contribution in [3.63, 3.8) is 0 Å². The molecule has 1 heterocycles. The topological polar surface area (TPSA) is 12.5 Å². The van der Waals surface area contributed by atoms with Crippen molar-refractivity contribution in [2.75, 3.05) is 11.4 Å². The number of nitrogens with zero attached hydrogens (tertiary/aromatic N) is 1. The minimum absolute atomic E-state index is 0.842. The van der Waals surface area contributed by atoms with Crippen molar-refractivity contribution in [1.82, 2.24) is 0 Å². The van der Waals surface area contributed by atoms with Crippen LogP contribution in [0.25, 0.3) is 0 Å². The van der Waals surface area contributed by atoms with E-state index in [1.54, 1.807) is 11.8 Å². The molecule has 2 nitrogen and oxygen atoms in total. The number of para-hydroxylation sites is 2. The summed E-state index contributed by atoms with van der Waals surface area (Å²) in [7, 11) is 0. The Hall–Kier alpha value is -2.13. The van der Waals surface area contributed by atoms with E-state index < -0.39 is 0 Å². The van der Waals surface area contributed by atoms with Gasteiger partial charge >= 0.3 is 0 Å². The van der Waals surface area contributed by atoms with Crippen LogP contribution in [-0.4, -0.2) is 6.54 Å². The summed E-state index contributed by atoms with van der Waals surface area (Å²) in [6, 6.07) is 16.4. The van der Waals surface area contributed by atoms with Crippen LogP contribution >= 0.6 is 11.8 Å². The molecule has 22 heavy (non-hydrogen) atoms. The second-order valence-electron chi connectivity index (χ2n) is 5.13. The first kappa shape index (κ1) is 14.8. The van der Waals surface area contributed by atoms with Crippen LogP contribution in [0.3, 0.4) is 0 Å². The minimum Gasteiger partial charge on any atom is -0.439 e. The summed E-state index contributed by atoms with van der Waals surface area (Å²) >= 11 is 1.67. The van der Waals surface area contributed by atoms with Gasteiger partial charge in [0.25, 0.3) is 0 Å². The maximum atomic E-state index is 5.96. The Kier molecular flexibility index (Phi) is 4.25. The highest BCUT2D eigenvalue weighted by molar-refractivity contribution is 8.03. The van der Waals surface area contributed by atoms with E-state index in [1.807, 2.05) is 24.3 Å². The van der Waals surface area contributed by atoms with Crippen LogP contribution < -0.4 is 9.64 Å². The third-order valence-corrected chi connectivity index (χ3v) is 4.63. The first-order chi connectivity index (χ1) is 10.7. The highest BCUT2D eigenvalue weighted by Crippen LogP contribution is 2.39. The first-order valence-corrected chi connectivity index (χ1v) is 8.19. The molecule has 2 aromatic rings. The fraction of sp³-hybridized carbons (Fsp3) is 0.158. The van der Waals surface area contributed by atoms with E-state index in [-0.39, 0.29) is 0 Å². The molecule has 0 bridgehead atoms. The van der Waals surface area contributed by atoms with Crippen LogP contribution in [0.4, 0.5) is 5.69 Å². The third kappa shape index (κ3) is 2.90. The molecule has 0 N–H and O–H groups in total. The molecule has 0 saturated carbocycles. The predicted molar refractivity (Wildman–Crippen MR) is 94.3 cm³/mol.